The minimum atomic E-state index is 0.577. The number of nitrogens with one attached hydrogen (secondary N) is 1. The fourth-order valence-electron chi connectivity index (χ4n) is 1.99. The maximum atomic E-state index is 5.60. The Morgan fingerprint density at radius 3 is 2.83 bits per heavy atom. The van der Waals surface area contributed by atoms with Gasteiger partial charge in [-0.2, -0.15) is 0 Å². The van der Waals surface area contributed by atoms with E-state index in [9.17, 15) is 0 Å². The predicted octanol–water partition coefficient (Wildman–Crippen LogP) is 2.69. The molecule has 0 amide bonds. The van der Waals surface area contributed by atoms with E-state index in [2.05, 4.69) is 24.4 Å². The first-order valence-electron chi connectivity index (χ1n) is 6.61. The van der Waals surface area contributed by atoms with Gasteiger partial charge < -0.3 is 14.8 Å². The van der Waals surface area contributed by atoms with E-state index in [0.717, 1.165) is 24.1 Å². The van der Waals surface area contributed by atoms with Crippen molar-refractivity contribution in [3.05, 3.63) is 18.2 Å². The smallest absolute Gasteiger partial charge is 0.162 e. The van der Waals surface area contributed by atoms with Crippen molar-refractivity contribution >= 4 is 11.8 Å². The molecule has 0 bridgehead atoms. The summed E-state index contributed by atoms with van der Waals surface area (Å²) in [5.41, 5.74) is 0. The Labute approximate surface area is 112 Å². The fraction of sp³-hybridized carbons (Fsp3) is 0.571. The molecule has 3 rings (SSSR count). The van der Waals surface area contributed by atoms with Crippen molar-refractivity contribution < 1.29 is 9.47 Å². The van der Waals surface area contributed by atoms with Crippen LogP contribution >= 0.6 is 11.8 Å². The van der Waals surface area contributed by atoms with Crippen molar-refractivity contribution in [3.8, 4) is 11.5 Å². The summed E-state index contributed by atoms with van der Waals surface area (Å²) in [5.74, 6) is 1.75. The first-order valence-corrected chi connectivity index (χ1v) is 7.49. The van der Waals surface area contributed by atoms with Gasteiger partial charge in [0.2, 0.25) is 0 Å². The van der Waals surface area contributed by atoms with Gasteiger partial charge in [-0.1, -0.05) is 6.92 Å². The molecule has 18 heavy (non-hydrogen) atoms. The predicted molar refractivity (Wildman–Crippen MR) is 73.8 cm³/mol. The largest absolute Gasteiger partial charge is 0.486 e. The van der Waals surface area contributed by atoms with Gasteiger partial charge in [0.05, 0.1) is 0 Å². The monoisotopic (exact) mass is 265 g/mol. The first-order chi connectivity index (χ1) is 8.81. The van der Waals surface area contributed by atoms with E-state index < -0.39 is 0 Å². The van der Waals surface area contributed by atoms with Gasteiger partial charge in [-0.05, 0) is 31.0 Å². The Bertz CT molecular complexity index is 420. The molecule has 0 aromatic heterocycles. The molecule has 4 heteroatoms. The Morgan fingerprint density at radius 1 is 1.28 bits per heavy atom. The van der Waals surface area contributed by atoms with E-state index in [4.69, 9.17) is 9.47 Å². The lowest BCUT2D eigenvalue weighted by molar-refractivity contribution is 0.171. The van der Waals surface area contributed by atoms with Crippen molar-refractivity contribution in [2.75, 3.05) is 19.8 Å². The number of ether oxygens (including phenoxy) is 2. The second-order valence-corrected chi connectivity index (χ2v) is 6.43. The number of rotatable bonds is 5. The molecule has 1 fully saturated rings. The van der Waals surface area contributed by atoms with Crippen molar-refractivity contribution in [2.45, 2.75) is 36.0 Å². The number of benzene rings is 1. The van der Waals surface area contributed by atoms with Crippen LogP contribution in [0.2, 0.25) is 0 Å². The van der Waals surface area contributed by atoms with Crippen LogP contribution in [0.4, 0.5) is 0 Å². The molecular formula is C14H19NO2S. The van der Waals surface area contributed by atoms with E-state index in [1.54, 1.807) is 0 Å². The van der Waals surface area contributed by atoms with E-state index >= 15 is 0 Å². The quantitative estimate of drug-likeness (QED) is 0.829. The van der Waals surface area contributed by atoms with Crippen molar-refractivity contribution in [1.82, 2.24) is 5.32 Å². The first kappa shape index (κ1) is 12.2. The van der Waals surface area contributed by atoms with Crippen LogP contribution in [0.5, 0.6) is 11.5 Å². The molecule has 1 aromatic carbocycles. The van der Waals surface area contributed by atoms with Crippen molar-refractivity contribution in [2.24, 2.45) is 0 Å². The highest BCUT2D eigenvalue weighted by molar-refractivity contribution is 8.00. The van der Waals surface area contributed by atoms with Gasteiger partial charge in [0, 0.05) is 22.7 Å². The molecule has 1 aromatic rings. The highest BCUT2D eigenvalue weighted by Crippen LogP contribution is 2.35. The third-order valence-corrected chi connectivity index (χ3v) is 4.22. The summed E-state index contributed by atoms with van der Waals surface area (Å²) >= 11 is 1.89. The molecule has 0 saturated heterocycles. The van der Waals surface area contributed by atoms with Crippen molar-refractivity contribution in [1.29, 1.82) is 0 Å². The summed E-state index contributed by atoms with van der Waals surface area (Å²) in [5, 5.41) is 4.14. The lowest BCUT2D eigenvalue weighted by Crippen LogP contribution is -2.24. The maximum Gasteiger partial charge on any atom is 0.162 e. The Kier molecular flexibility index (Phi) is 3.66. The van der Waals surface area contributed by atoms with Crippen LogP contribution in [-0.2, 0) is 0 Å². The van der Waals surface area contributed by atoms with Crippen LogP contribution in [0.15, 0.2) is 23.1 Å². The molecule has 1 saturated carbocycles. The van der Waals surface area contributed by atoms with Gasteiger partial charge in [-0.15, -0.1) is 11.8 Å². The fourth-order valence-corrected chi connectivity index (χ4v) is 2.96. The SMILES string of the molecule is CC(CNC1CC1)Sc1ccc2c(c1)OCCO2. The summed E-state index contributed by atoms with van der Waals surface area (Å²) in [6, 6.07) is 7.00. The van der Waals surface area contributed by atoms with Crippen molar-refractivity contribution in [3.63, 3.8) is 0 Å². The zero-order valence-electron chi connectivity index (χ0n) is 10.6. The summed E-state index contributed by atoms with van der Waals surface area (Å²) in [6.45, 7) is 4.64. The molecule has 1 N–H and O–H groups in total. The van der Waals surface area contributed by atoms with Crippen LogP contribution in [0.3, 0.4) is 0 Å². The molecule has 1 unspecified atom stereocenters. The molecule has 1 aliphatic carbocycles. The summed E-state index contributed by atoms with van der Waals surface area (Å²) in [6.07, 6.45) is 2.70. The second kappa shape index (κ2) is 5.41. The molecular weight excluding hydrogens is 246 g/mol. The Hall–Kier alpha value is -0.870. The Morgan fingerprint density at radius 2 is 2.06 bits per heavy atom. The minimum absolute atomic E-state index is 0.577. The van der Waals surface area contributed by atoms with Gasteiger partial charge in [-0.25, -0.2) is 0 Å². The molecule has 0 spiro atoms. The van der Waals surface area contributed by atoms with Gasteiger partial charge >= 0.3 is 0 Å². The second-order valence-electron chi connectivity index (χ2n) is 4.92. The third kappa shape index (κ3) is 3.12. The maximum absolute atomic E-state index is 5.60. The van der Waals surface area contributed by atoms with Gasteiger partial charge in [0.15, 0.2) is 11.5 Å². The highest BCUT2D eigenvalue weighted by atomic mass is 32.2. The third-order valence-electron chi connectivity index (χ3n) is 3.12. The standard InChI is InChI=1S/C14H19NO2S/c1-10(9-15-11-2-3-11)18-12-4-5-13-14(8-12)17-7-6-16-13/h4-5,8,10-11,15H,2-3,6-7,9H2,1H3. The molecule has 98 valence electrons. The molecule has 1 heterocycles. The molecule has 3 nitrogen and oxygen atoms in total. The zero-order valence-corrected chi connectivity index (χ0v) is 11.5. The molecule has 1 aliphatic heterocycles. The van der Waals surface area contributed by atoms with Crippen LogP contribution < -0.4 is 14.8 Å². The molecule has 1 atom stereocenters. The van der Waals surface area contributed by atoms with Crippen LogP contribution in [0.1, 0.15) is 19.8 Å². The lowest BCUT2D eigenvalue weighted by Gasteiger charge is -2.19. The van der Waals surface area contributed by atoms with E-state index in [1.807, 2.05) is 17.8 Å². The lowest BCUT2D eigenvalue weighted by atomic mass is 10.3. The Balaban J connectivity index is 1.57. The normalized spacial score (nSPS) is 19.6. The van der Waals surface area contributed by atoms with Crippen LogP contribution in [0, 0.1) is 0 Å². The molecule has 2 aliphatic rings. The van der Waals surface area contributed by atoms with Gasteiger partial charge in [0.25, 0.3) is 0 Å². The van der Waals surface area contributed by atoms with Gasteiger partial charge in [0.1, 0.15) is 13.2 Å². The van der Waals surface area contributed by atoms with Crippen LogP contribution in [0.25, 0.3) is 0 Å². The number of hydrogen-bond acceptors (Lipinski definition) is 4. The summed E-state index contributed by atoms with van der Waals surface area (Å²) in [4.78, 5) is 1.25. The number of thioether (sulfide) groups is 1. The van der Waals surface area contributed by atoms with Gasteiger partial charge in [-0.3, -0.25) is 0 Å². The summed E-state index contributed by atoms with van der Waals surface area (Å²) in [7, 11) is 0. The van der Waals surface area contributed by atoms with Crippen LogP contribution in [-0.4, -0.2) is 31.1 Å². The molecule has 0 radical (unpaired) electrons. The van der Waals surface area contributed by atoms with E-state index in [0.29, 0.717) is 18.5 Å². The average Bonchev–Trinajstić information content (AvgIpc) is 3.20. The zero-order chi connectivity index (χ0) is 12.4. The topological polar surface area (TPSA) is 30.5 Å². The summed E-state index contributed by atoms with van der Waals surface area (Å²) < 4.78 is 11.1. The minimum Gasteiger partial charge on any atom is -0.486 e. The van der Waals surface area contributed by atoms with E-state index in [-0.39, 0.29) is 0 Å². The number of fused-ring (bicyclic) bond motifs is 1. The average molecular weight is 265 g/mol. The number of hydrogen-bond donors (Lipinski definition) is 1. The van der Waals surface area contributed by atoms with E-state index in [1.165, 1.54) is 17.7 Å². The highest BCUT2D eigenvalue weighted by Gasteiger charge is 2.21.